The van der Waals surface area contributed by atoms with Crippen LogP contribution in [0.2, 0.25) is 0 Å². The van der Waals surface area contributed by atoms with Gasteiger partial charge in [0.25, 0.3) is 0 Å². The van der Waals surface area contributed by atoms with Crippen LogP contribution in [0.15, 0.2) is 23.0 Å². The van der Waals surface area contributed by atoms with E-state index in [0.717, 1.165) is 12.1 Å². The molecule has 0 aliphatic rings. The number of hydrogen-bond acceptors (Lipinski definition) is 3. The van der Waals surface area contributed by atoms with Crippen molar-refractivity contribution in [3.8, 4) is 6.07 Å². The predicted molar refractivity (Wildman–Crippen MR) is 73.1 cm³/mol. The van der Waals surface area contributed by atoms with Gasteiger partial charge in [-0.05, 0) is 32.3 Å². The Morgan fingerprint density at radius 1 is 1.44 bits per heavy atom. The molecule has 0 bridgehead atoms. The fourth-order valence-electron chi connectivity index (χ4n) is 1.76. The smallest absolute Gasteiger partial charge is 0.308 e. The summed E-state index contributed by atoms with van der Waals surface area (Å²) in [5, 5.41) is 8.79. The van der Waals surface area contributed by atoms with Crippen LogP contribution < -0.4 is 5.69 Å². The van der Waals surface area contributed by atoms with E-state index in [-0.39, 0.29) is 18.1 Å². The van der Waals surface area contributed by atoms with E-state index in [2.05, 4.69) is 11.1 Å². The molecule has 5 nitrogen and oxygen atoms in total. The molecule has 2 rings (SSSR count). The van der Waals surface area contributed by atoms with Crippen molar-refractivity contribution in [1.29, 1.82) is 5.26 Å². The number of halogens is 1. The minimum Gasteiger partial charge on any atom is -0.308 e. The van der Waals surface area contributed by atoms with Crippen LogP contribution in [0.4, 0.5) is 0 Å². The molecule has 0 atom stereocenters. The average molecular weight is 267 g/mol. The minimum atomic E-state index is -0.128. The van der Waals surface area contributed by atoms with E-state index in [4.69, 9.17) is 5.26 Å². The molecule has 0 aliphatic heterocycles. The van der Waals surface area contributed by atoms with E-state index in [0.29, 0.717) is 17.6 Å². The normalized spacial score (nSPS) is 10.3. The maximum Gasteiger partial charge on any atom is 0.326 e. The summed E-state index contributed by atoms with van der Waals surface area (Å²) in [5.74, 6) is 0. The molecule has 1 aromatic heterocycles. The number of imidazole rings is 1. The summed E-state index contributed by atoms with van der Waals surface area (Å²) in [6.45, 7) is 1.44. The molecule has 0 amide bonds. The molecule has 0 unspecified atom stereocenters. The topological polar surface area (TPSA) is 64.8 Å². The second-order valence-corrected chi connectivity index (χ2v) is 4.23. The molecule has 18 heavy (non-hydrogen) atoms. The number of likely N-dealkylation sites (N-methyl/N-ethyl adjacent to an activating group) is 1. The number of fused-ring (bicyclic) bond motifs is 1. The van der Waals surface area contributed by atoms with Gasteiger partial charge in [0.1, 0.15) is 0 Å². The highest BCUT2D eigenvalue weighted by Gasteiger charge is 2.07. The van der Waals surface area contributed by atoms with Gasteiger partial charge in [-0.2, -0.15) is 5.26 Å². The highest BCUT2D eigenvalue weighted by Crippen LogP contribution is 2.12. The van der Waals surface area contributed by atoms with Crippen LogP contribution in [0.5, 0.6) is 0 Å². The fraction of sp³-hybridized carbons (Fsp3) is 0.333. The minimum absolute atomic E-state index is 0. The van der Waals surface area contributed by atoms with Gasteiger partial charge in [0.15, 0.2) is 0 Å². The standard InChI is InChI=1S/C12H14N4O.ClH/c1-15(2)5-6-16-11-4-3-9(8-13)7-10(11)14-12(16)17;/h3-4,7H,5-6H2,1-2H3,(H,14,17);1H. The van der Waals surface area contributed by atoms with Crippen LogP contribution in [0, 0.1) is 11.3 Å². The number of hydrogen-bond donors (Lipinski definition) is 1. The molecule has 0 fully saturated rings. The van der Waals surface area contributed by atoms with Crippen molar-refractivity contribution in [2.45, 2.75) is 6.54 Å². The molecule has 6 heteroatoms. The Hall–Kier alpha value is -1.77. The van der Waals surface area contributed by atoms with Gasteiger partial charge < -0.3 is 9.88 Å². The van der Waals surface area contributed by atoms with Gasteiger partial charge in [-0.3, -0.25) is 4.57 Å². The van der Waals surface area contributed by atoms with E-state index in [1.165, 1.54) is 0 Å². The summed E-state index contributed by atoms with van der Waals surface area (Å²) < 4.78 is 1.69. The summed E-state index contributed by atoms with van der Waals surface area (Å²) >= 11 is 0. The zero-order chi connectivity index (χ0) is 12.4. The van der Waals surface area contributed by atoms with E-state index in [1.807, 2.05) is 19.0 Å². The molecule has 0 saturated heterocycles. The Balaban J connectivity index is 0.00000162. The van der Waals surface area contributed by atoms with Gasteiger partial charge in [0.05, 0.1) is 22.7 Å². The molecule has 1 heterocycles. The summed E-state index contributed by atoms with van der Waals surface area (Å²) in [7, 11) is 3.93. The number of benzene rings is 1. The fourth-order valence-corrected chi connectivity index (χ4v) is 1.76. The van der Waals surface area contributed by atoms with Crippen LogP contribution in [0.3, 0.4) is 0 Å². The number of nitriles is 1. The van der Waals surface area contributed by atoms with Gasteiger partial charge >= 0.3 is 5.69 Å². The van der Waals surface area contributed by atoms with Crippen LogP contribution >= 0.6 is 12.4 Å². The number of nitrogens with one attached hydrogen (secondary N) is 1. The second kappa shape index (κ2) is 5.71. The van der Waals surface area contributed by atoms with Crippen LogP contribution in [-0.4, -0.2) is 35.1 Å². The maximum absolute atomic E-state index is 11.8. The van der Waals surface area contributed by atoms with E-state index >= 15 is 0 Å². The lowest BCUT2D eigenvalue weighted by atomic mass is 10.2. The molecule has 0 radical (unpaired) electrons. The molecule has 1 N–H and O–H groups in total. The molecule has 0 spiro atoms. The quantitative estimate of drug-likeness (QED) is 0.907. The first kappa shape index (κ1) is 14.3. The Labute approximate surface area is 111 Å². The van der Waals surface area contributed by atoms with Crippen molar-refractivity contribution < 1.29 is 0 Å². The van der Waals surface area contributed by atoms with Crippen molar-refractivity contribution in [1.82, 2.24) is 14.5 Å². The number of aromatic nitrogens is 2. The first-order valence-corrected chi connectivity index (χ1v) is 5.39. The number of H-pyrrole nitrogens is 1. The molecule has 0 saturated carbocycles. The lowest BCUT2D eigenvalue weighted by Gasteiger charge is -2.09. The number of nitrogens with zero attached hydrogens (tertiary/aromatic N) is 3. The number of aromatic amines is 1. The third-order valence-corrected chi connectivity index (χ3v) is 2.67. The zero-order valence-corrected chi connectivity index (χ0v) is 11.1. The number of rotatable bonds is 3. The average Bonchev–Trinajstić information content (AvgIpc) is 2.60. The van der Waals surface area contributed by atoms with Crippen molar-refractivity contribution in [3.63, 3.8) is 0 Å². The molecule has 96 valence electrons. The van der Waals surface area contributed by atoms with Crippen molar-refractivity contribution in [2.75, 3.05) is 20.6 Å². The predicted octanol–water partition coefficient (Wildman–Crippen LogP) is 1.18. The lowest BCUT2D eigenvalue weighted by Crippen LogP contribution is -2.24. The zero-order valence-electron chi connectivity index (χ0n) is 10.3. The molecular weight excluding hydrogens is 252 g/mol. The molecule has 1 aromatic carbocycles. The molecule has 2 aromatic rings. The Morgan fingerprint density at radius 3 is 2.78 bits per heavy atom. The Kier molecular flexibility index (Phi) is 4.54. The van der Waals surface area contributed by atoms with Gasteiger partial charge in [0.2, 0.25) is 0 Å². The van der Waals surface area contributed by atoms with Crippen LogP contribution in [0.1, 0.15) is 5.56 Å². The maximum atomic E-state index is 11.8. The Bertz CT molecular complexity index is 636. The van der Waals surface area contributed by atoms with E-state index in [9.17, 15) is 4.79 Å². The summed E-state index contributed by atoms with van der Waals surface area (Å²) in [4.78, 5) is 16.5. The monoisotopic (exact) mass is 266 g/mol. The lowest BCUT2D eigenvalue weighted by molar-refractivity contribution is 0.384. The van der Waals surface area contributed by atoms with Crippen LogP contribution in [-0.2, 0) is 6.54 Å². The van der Waals surface area contributed by atoms with Crippen molar-refractivity contribution in [2.24, 2.45) is 0 Å². The van der Waals surface area contributed by atoms with Gasteiger partial charge in [-0.25, -0.2) is 4.79 Å². The summed E-state index contributed by atoms with van der Waals surface area (Å²) in [6.07, 6.45) is 0. The third-order valence-electron chi connectivity index (χ3n) is 2.67. The molecular formula is C12H15ClN4O. The first-order chi connectivity index (χ1) is 8.11. The van der Waals surface area contributed by atoms with E-state index in [1.54, 1.807) is 22.8 Å². The SMILES string of the molecule is CN(C)CCn1c(=O)[nH]c2cc(C#N)ccc21.Cl. The second-order valence-electron chi connectivity index (χ2n) is 4.23. The highest BCUT2D eigenvalue weighted by atomic mass is 35.5. The summed E-state index contributed by atoms with van der Waals surface area (Å²) in [5.41, 5.74) is 1.99. The highest BCUT2D eigenvalue weighted by molar-refractivity contribution is 5.85. The Morgan fingerprint density at radius 2 is 2.17 bits per heavy atom. The van der Waals surface area contributed by atoms with Crippen LogP contribution in [0.25, 0.3) is 11.0 Å². The first-order valence-electron chi connectivity index (χ1n) is 5.39. The largest absolute Gasteiger partial charge is 0.326 e. The van der Waals surface area contributed by atoms with E-state index < -0.39 is 0 Å². The molecule has 0 aliphatic carbocycles. The van der Waals surface area contributed by atoms with Gasteiger partial charge in [-0.1, -0.05) is 0 Å². The van der Waals surface area contributed by atoms with Gasteiger partial charge in [-0.15, -0.1) is 12.4 Å². The van der Waals surface area contributed by atoms with Gasteiger partial charge in [0, 0.05) is 13.1 Å². The summed E-state index contributed by atoms with van der Waals surface area (Å²) in [6, 6.07) is 7.29. The van der Waals surface area contributed by atoms with Crippen molar-refractivity contribution in [3.05, 3.63) is 34.2 Å². The van der Waals surface area contributed by atoms with Crippen molar-refractivity contribution >= 4 is 23.4 Å². The third kappa shape index (κ3) is 2.73.